The molecule has 5 nitrogen and oxygen atoms in total. The highest BCUT2D eigenvalue weighted by Gasteiger charge is 2.14. The molecule has 0 aromatic carbocycles. The minimum Gasteiger partial charge on any atom is -0.463 e. The number of carbonyl (C=O) groups is 1. The van der Waals surface area contributed by atoms with E-state index in [0.29, 0.717) is 19.3 Å². The number of hydrogen-bond acceptors (Lipinski definition) is 5. The molecule has 16 heavy (non-hydrogen) atoms. The van der Waals surface area contributed by atoms with E-state index < -0.39 is 18.2 Å². The van der Waals surface area contributed by atoms with Gasteiger partial charge in [-0.25, -0.2) is 0 Å². The summed E-state index contributed by atoms with van der Waals surface area (Å²) in [4.78, 5) is 11.1. The fourth-order valence-electron chi connectivity index (χ4n) is 1.28. The Morgan fingerprint density at radius 2 is 1.69 bits per heavy atom. The van der Waals surface area contributed by atoms with E-state index in [1.807, 2.05) is 0 Å². The van der Waals surface area contributed by atoms with Crippen molar-refractivity contribution < 1.29 is 24.9 Å². The van der Waals surface area contributed by atoms with Crippen LogP contribution in [0.25, 0.3) is 0 Å². The molecule has 0 amide bonds. The number of esters is 1. The van der Waals surface area contributed by atoms with Gasteiger partial charge in [0.2, 0.25) is 0 Å². The summed E-state index contributed by atoms with van der Waals surface area (Å²) in [5.74, 6) is -0.431. The van der Waals surface area contributed by atoms with Gasteiger partial charge in [0.15, 0.2) is 0 Å². The van der Waals surface area contributed by atoms with E-state index in [-0.39, 0.29) is 19.1 Å². The molecule has 2 atom stereocenters. The van der Waals surface area contributed by atoms with Gasteiger partial charge >= 0.3 is 5.97 Å². The highest BCUT2D eigenvalue weighted by Crippen LogP contribution is 2.08. The van der Waals surface area contributed by atoms with Gasteiger partial charge in [-0.1, -0.05) is 0 Å². The van der Waals surface area contributed by atoms with E-state index in [1.54, 1.807) is 13.8 Å². The predicted octanol–water partition coefficient (Wildman–Crippen LogP) is 0.212. The molecule has 0 rings (SSSR count). The maximum Gasteiger partial charge on any atom is 0.308 e. The van der Waals surface area contributed by atoms with Gasteiger partial charge in [0.1, 0.15) is 0 Å². The highest BCUT2D eigenvalue weighted by atomic mass is 16.5. The summed E-state index contributed by atoms with van der Waals surface area (Å²) in [6.07, 6.45) is -0.654. The van der Waals surface area contributed by atoms with Gasteiger partial charge in [-0.3, -0.25) is 4.79 Å². The van der Waals surface area contributed by atoms with Crippen molar-refractivity contribution in [3.8, 4) is 0 Å². The molecule has 0 aliphatic rings. The lowest BCUT2D eigenvalue weighted by Crippen LogP contribution is -2.20. The zero-order valence-corrected chi connectivity index (χ0v) is 9.93. The van der Waals surface area contributed by atoms with Gasteiger partial charge in [0.05, 0.1) is 24.7 Å². The van der Waals surface area contributed by atoms with E-state index in [1.165, 1.54) is 0 Å². The molecule has 0 saturated carbocycles. The summed E-state index contributed by atoms with van der Waals surface area (Å²) in [7, 11) is 0. The predicted molar refractivity (Wildman–Crippen MR) is 58.8 cm³/mol. The van der Waals surface area contributed by atoms with Crippen molar-refractivity contribution in [2.24, 2.45) is 0 Å². The second-order valence-electron chi connectivity index (χ2n) is 4.14. The van der Waals surface area contributed by atoms with Gasteiger partial charge < -0.3 is 20.1 Å². The van der Waals surface area contributed by atoms with Crippen molar-refractivity contribution in [3.63, 3.8) is 0 Å². The number of aliphatic hydroxyl groups excluding tert-OH is 3. The Labute approximate surface area is 96.0 Å². The minimum absolute atomic E-state index is 0.0516. The zero-order chi connectivity index (χ0) is 12.6. The summed E-state index contributed by atoms with van der Waals surface area (Å²) in [5, 5.41) is 27.3. The van der Waals surface area contributed by atoms with Crippen LogP contribution in [0, 0.1) is 0 Å². The van der Waals surface area contributed by atoms with Crippen LogP contribution in [0.5, 0.6) is 0 Å². The minimum atomic E-state index is -0.792. The largest absolute Gasteiger partial charge is 0.463 e. The molecule has 0 aliphatic heterocycles. The molecule has 0 saturated heterocycles. The number of hydrogen-bond donors (Lipinski definition) is 3. The van der Waals surface area contributed by atoms with Crippen LogP contribution in [0.3, 0.4) is 0 Å². The number of rotatable bonds is 8. The van der Waals surface area contributed by atoms with Crippen LogP contribution in [0.15, 0.2) is 0 Å². The third kappa shape index (κ3) is 8.64. The smallest absolute Gasteiger partial charge is 0.308 e. The third-order valence-electron chi connectivity index (χ3n) is 2.06. The van der Waals surface area contributed by atoms with Crippen LogP contribution < -0.4 is 0 Å². The SMILES string of the molecule is CC(C)OC(=O)CC(O)CCC(O)CCO. The Bertz CT molecular complexity index is 193. The van der Waals surface area contributed by atoms with E-state index in [9.17, 15) is 15.0 Å². The van der Waals surface area contributed by atoms with Gasteiger partial charge in [0, 0.05) is 6.61 Å². The summed E-state index contributed by atoms with van der Waals surface area (Å²) in [5.41, 5.74) is 0. The normalized spacial score (nSPS) is 14.9. The molecule has 2 unspecified atom stereocenters. The molecule has 0 bridgehead atoms. The molecule has 0 aromatic rings. The van der Waals surface area contributed by atoms with Gasteiger partial charge in [-0.15, -0.1) is 0 Å². The van der Waals surface area contributed by atoms with Gasteiger partial charge in [0.25, 0.3) is 0 Å². The Balaban J connectivity index is 3.65. The maximum absolute atomic E-state index is 11.1. The van der Waals surface area contributed by atoms with Crippen LogP contribution in [0.2, 0.25) is 0 Å². The van der Waals surface area contributed by atoms with Crippen LogP contribution in [0.1, 0.15) is 39.5 Å². The maximum atomic E-state index is 11.1. The van der Waals surface area contributed by atoms with E-state index >= 15 is 0 Å². The molecular weight excluding hydrogens is 212 g/mol. The molecule has 0 aliphatic carbocycles. The van der Waals surface area contributed by atoms with Crippen LogP contribution in [-0.4, -0.2) is 46.2 Å². The standard InChI is InChI=1S/C11H22O5/c1-8(2)16-11(15)7-10(14)4-3-9(13)5-6-12/h8-10,12-14H,3-7H2,1-2H3. The van der Waals surface area contributed by atoms with Gasteiger partial charge in [-0.05, 0) is 33.1 Å². The molecule has 5 heteroatoms. The summed E-state index contributed by atoms with van der Waals surface area (Å²) >= 11 is 0. The molecule has 3 N–H and O–H groups in total. The lowest BCUT2D eigenvalue weighted by Gasteiger charge is -2.14. The summed E-state index contributed by atoms with van der Waals surface area (Å²) in [6, 6.07) is 0. The first-order valence-corrected chi connectivity index (χ1v) is 5.62. The molecule has 0 spiro atoms. The lowest BCUT2D eigenvalue weighted by atomic mass is 10.1. The van der Waals surface area contributed by atoms with Crippen molar-refractivity contribution in [2.75, 3.05) is 6.61 Å². The van der Waals surface area contributed by atoms with Crippen molar-refractivity contribution in [2.45, 2.75) is 57.8 Å². The van der Waals surface area contributed by atoms with Crippen molar-refractivity contribution >= 4 is 5.97 Å². The number of ether oxygens (including phenoxy) is 1. The van der Waals surface area contributed by atoms with Crippen molar-refractivity contribution in [1.82, 2.24) is 0 Å². The third-order valence-corrected chi connectivity index (χ3v) is 2.06. The Morgan fingerprint density at radius 3 is 2.19 bits per heavy atom. The molecule has 0 radical (unpaired) electrons. The molecular formula is C11H22O5. The molecule has 0 aromatic heterocycles. The number of aliphatic hydroxyl groups is 3. The van der Waals surface area contributed by atoms with Crippen molar-refractivity contribution in [1.29, 1.82) is 0 Å². The average molecular weight is 234 g/mol. The Morgan fingerprint density at radius 1 is 1.12 bits per heavy atom. The molecule has 0 fully saturated rings. The second-order valence-corrected chi connectivity index (χ2v) is 4.14. The van der Waals surface area contributed by atoms with Gasteiger partial charge in [-0.2, -0.15) is 0 Å². The monoisotopic (exact) mass is 234 g/mol. The van der Waals surface area contributed by atoms with Crippen LogP contribution in [0.4, 0.5) is 0 Å². The molecule has 0 heterocycles. The van der Waals surface area contributed by atoms with E-state index in [4.69, 9.17) is 9.84 Å². The lowest BCUT2D eigenvalue weighted by molar-refractivity contribution is -0.149. The first kappa shape index (κ1) is 15.3. The van der Waals surface area contributed by atoms with Crippen LogP contribution >= 0.6 is 0 Å². The number of carbonyl (C=O) groups excluding carboxylic acids is 1. The summed E-state index contributed by atoms with van der Waals surface area (Å²) in [6.45, 7) is 3.41. The quantitative estimate of drug-likeness (QED) is 0.523. The Kier molecular flexibility index (Phi) is 8.15. The van der Waals surface area contributed by atoms with Crippen LogP contribution in [-0.2, 0) is 9.53 Å². The van der Waals surface area contributed by atoms with E-state index in [2.05, 4.69) is 0 Å². The average Bonchev–Trinajstić information content (AvgIpc) is 2.13. The van der Waals surface area contributed by atoms with Crippen molar-refractivity contribution in [3.05, 3.63) is 0 Å². The zero-order valence-electron chi connectivity index (χ0n) is 9.93. The fourth-order valence-corrected chi connectivity index (χ4v) is 1.28. The second kappa shape index (κ2) is 8.50. The first-order chi connectivity index (χ1) is 7.45. The topological polar surface area (TPSA) is 87.0 Å². The fraction of sp³-hybridized carbons (Fsp3) is 0.909. The van der Waals surface area contributed by atoms with E-state index in [0.717, 1.165) is 0 Å². The summed E-state index contributed by atoms with van der Waals surface area (Å²) < 4.78 is 4.87. The highest BCUT2D eigenvalue weighted by molar-refractivity contribution is 5.70. The molecule has 96 valence electrons. The Hall–Kier alpha value is -0.650. The first-order valence-electron chi connectivity index (χ1n) is 5.62.